The van der Waals surface area contributed by atoms with Crippen molar-refractivity contribution in [3.8, 4) is 0 Å². The zero-order valence-corrected chi connectivity index (χ0v) is 16.6. The summed E-state index contributed by atoms with van der Waals surface area (Å²) >= 11 is 7.25. The number of ketones is 1. The van der Waals surface area contributed by atoms with Crippen molar-refractivity contribution in [3.05, 3.63) is 99.7 Å². The molecule has 1 amide bonds. The van der Waals surface area contributed by atoms with Crippen molar-refractivity contribution in [2.75, 3.05) is 4.90 Å². The highest BCUT2D eigenvalue weighted by Gasteiger charge is 2.44. The third-order valence-corrected chi connectivity index (χ3v) is 5.53. The maximum atomic E-state index is 13.0. The number of carbonyl (C=O) groups is 2. The molecule has 1 atom stereocenters. The lowest BCUT2D eigenvalue weighted by Gasteiger charge is -2.24. The standard InChI is InChI=1S/C22H15ClN2O3S/c23-16-9-7-15(8-10-16)19-18(17(26)11-6-14-4-2-1-3-5-14)20(27)21(28)25(19)22-24-12-13-29-22/h1-13,19,27H/b11-6-/t19-/m1/s1. The van der Waals surface area contributed by atoms with Gasteiger partial charge >= 0.3 is 0 Å². The molecule has 0 fully saturated rings. The van der Waals surface area contributed by atoms with E-state index in [0.717, 1.165) is 5.56 Å². The lowest BCUT2D eigenvalue weighted by molar-refractivity contribution is -0.117. The number of rotatable bonds is 5. The molecule has 0 radical (unpaired) electrons. The van der Waals surface area contributed by atoms with E-state index in [1.54, 1.807) is 41.9 Å². The molecule has 0 saturated carbocycles. The van der Waals surface area contributed by atoms with Crippen LogP contribution < -0.4 is 4.90 Å². The number of nitrogens with zero attached hydrogens (tertiary/aromatic N) is 2. The van der Waals surface area contributed by atoms with Crippen LogP contribution in [0.15, 0.2) is 83.6 Å². The van der Waals surface area contributed by atoms with E-state index >= 15 is 0 Å². The van der Waals surface area contributed by atoms with Gasteiger partial charge in [0, 0.05) is 16.6 Å². The normalized spacial score (nSPS) is 16.8. The Morgan fingerprint density at radius 1 is 1.14 bits per heavy atom. The molecular formula is C22H15ClN2O3S. The molecule has 1 aliphatic rings. The fourth-order valence-corrected chi connectivity index (χ4v) is 3.97. The molecule has 3 aromatic rings. The zero-order valence-electron chi connectivity index (χ0n) is 15.0. The largest absolute Gasteiger partial charge is 0.503 e. The van der Waals surface area contributed by atoms with Crippen LogP contribution in [-0.4, -0.2) is 21.8 Å². The molecule has 2 heterocycles. The minimum atomic E-state index is -0.793. The monoisotopic (exact) mass is 422 g/mol. The van der Waals surface area contributed by atoms with Crippen LogP contribution in [0.3, 0.4) is 0 Å². The molecule has 0 unspecified atom stereocenters. The van der Waals surface area contributed by atoms with Gasteiger partial charge in [-0.25, -0.2) is 4.98 Å². The maximum Gasteiger partial charge on any atom is 0.296 e. The number of aromatic nitrogens is 1. The predicted octanol–water partition coefficient (Wildman–Crippen LogP) is 4.98. The lowest BCUT2D eigenvalue weighted by Crippen LogP contribution is -2.30. The molecule has 5 nitrogen and oxygen atoms in total. The van der Waals surface area contributed by atoms with Crippen LogP contribution in [0.1, 0.15) is 17.2 Å². The highest BCUT2D eigenvalue weighted by Crippen LogP contribution is 2.41. The fraction of sp³-hybridized carbons (Fsp3) is 0.0455. The SMILES string of the molecule is O=C(/C=C\c1ccccc1)C1=C(O)C(=O)N(c2nccs2)[C@@H]1c1ccc(Cl)cc1. The number of allylic oxidation sites excluding steroid dienone is 1. The number of amides is 1. The van der Waals surface area contributed by atoms with E-state index in [1.165, 1.54) is 22.3 Å². The van der Waals surface area contributed by atoms with Crippen LogP contribution >= 0.6 is 22.9 Å². The first-order chi connectivity index (χ1) is 14.1. The predicted molar refractivity (Wildman–Crippen MR) is 114 cm³/mol. The number of thiazole rings is 1. The summed E-state index contributed by atoms with van der Waals surface area (Å²) in [4.78, 5) is 31.4. The first-order valence-electron chi connectivity index (χ1n) is 8.75. The first kappa shape index (κ1) is 19.1. The molecule has 29 heavy (non-hydrogen) atoms. The number of anilines is 1. The average Bonchev–Trinajstić information content (AvgIpc) is 3.35. The second kappa shape index (κ2) is 8.03. The first-order valence-corrected chi connectivity index (χ1v) is 10.0. The van der Waals surface area contributed by atoms with Crippen molar-refractivity contribution in [1.29, 1.82) is 0 Å². The summed E-state index contributed by atoms with van der Waals surface area (Å²) in [7, 11) is 0. The Kier molecular flexibility index (Phi) is 5.29. The van der Waals surface area contributed by atoms with Crippen LogP contribution in [0.25, 0.3) is 6.08 Å². The van der Waals surface area contributed by atoms with Gasteiger partial charge in [-0.15, -0.1) is 11.3 Å². The van der Waals surface area contributed by atoms with Crippen LogP contribution in [-0.2, 0) is 9.59 Å². The Labute approximate surface area is 176 Å². The van der Waals surface area contributed by atoms with Gasteiger partial charge in [0.05, 0.1) is 11.6 Å². The Hall–Kier alpha value is -3.22. The third-order valence-electron chi connectivity index (χ3n) is 4.51. The topological polar surface area (TPSA) is 70.5 Å². The molecule has 1 aromatic heterocycles. The van der Waals surface area contributed by atoms with E-state index in [4.69, 9.17) is 11.6 Å². The van der Waals surface area contributed by atoms with Gasteiger partial charge in [-0.3, -0.25) is 14.5 Å². The van der Waals surface area contributed by atoms with Gasteiger partial charge in [0.1, 0.15) is 0 Å². The summed E-state index contributed by atoms with van der Waals surface area (Å²) in [5, 5.41) is 13.2. The number of aliphatic hydroxyl groups excluding tert-OH is 1. The molecule has 0 spiro atoms. The molecule has 0 bridgehead atoms. The Balaban J connectivity index is 1.77. The molecule has 1 N–H and O–H groups in total. The van der Waals surface area contributed by atoms with E-state index in [2.05, 4.69) is 4.98 Å². The Morgan fingerprint density at radius 3 is 2.52 bits per heavy atom. The zero-order chi connectivity index (χ0) is 20.4. The van der Waals surface area contributed by atoms with Gasteiger partial charge in [-0.1, -0.05) is 60.1 Å². The molecule has 2 aromatic carbocycles. The van der Waals surface area contributed by atoms with Crippen molar-refractivity contribution in [2.24, 2.45) is 0 Å². The number of benzene rings is 2. The van der Waals surface area contributed by atoms with Crippen molar-refractivity contribution in [2.45, 2.75) is 6.04 Å². The minimum Gasteiger partial charge on any atom is -0.503 e. The highest BCUT2D eigenvalue weighted by atomic mass is 35.5. The summed E-state index contributed by atoms with van der Waals surface area (Å²) in [6.07, 6.45) is 4.58. The number of carbonyl (C=O) groups excluding carboxylic acids is 2. The van der Waals surface area contributed by atoms with Gasteiger partial charge in [-0.05, 0) is 29.3 Å². The van der Waals surface area contributed by atoms with Crippen molar-refractivity contribution < 1.29 is 14.7 Å². The molecule has 7 heteroatoms. The minimum absolute atomic E-state index is 0.0136. The van der Waals surface area contributed by atoms with E-state index in [9.17, 15) is 14.7 Å². The van der Waals surface area contributed by atoms with Gasteiger partial charge in [0.2, 0.25) is 0 Å². The Bertz CT molecular complexity index is 1110. The average molecular weight is 423 g/mol. The van der Waals surface area contributed by atoms with E-state index < -0.39 is 23.5 Å². The van der Waals surface area contributed by atoms with Gasteiger partial charge < -0.3 is 5.11 Å². The van der Waals surface area contributed by atoms with Crippen LogP contribution in [0.5, 0.6) is 0 Å². The maximum absolute atomic E-state index is 13.0. The summed E-state index contributed by atoms with van der Waals surface area (Å²) in [6, 6.07) is 15.3. The van der Waals surface area contributed by atoms with Crippen molar-refractivity contribution >= 4 is 45.8 Å². The third kappa shape index (κ3) is 3.72. The summed E-state index contributed by atoms with van der Waals surface area (Å²) in [5.41, 5.74) is 1.50. The molecular weight excluding hydrogens is 408 g/mol. The van der Waals surface area contributed by atoms with Crippen LogP contribution in [0.2, 0.25) is 5.02 Å². The summed E-state index contributed by atoms with van der Waals surface area (Å²) < 4.78 is 0. The molecule has 0 saturated heterocycles. The van der Waals surface area contributed by atoms with Crippen molar-refractivity contribution in [1.82, 2.24) is 4.98 Å². The van der Waals surface area contributed by atoms with Crippen molar-refractivity contribution in [3.63, 3.8) is 0 Å². The lowest BCUT2D eigenvalue weighted by atomic mass is 9.96. The smallest absolute Gasteiger partial charge is 0.296 e. The molecule has 4 rings (SSSR count). The van der Waals surface area contributed by atoms with E-state index in [-0.39, 0.29) is 5.57 Å². The molecule has 0 aliphatic carbocycles. The van der Waals surface area contributed by atoms with E-state index in [1.807, 2.05) is 30.3 Å². The van der Waals surface area contributed by atoms with Gasteiger partial charge in [0.25, 0.3) is 5.91 Å². The second-order valence-corrected chi connectivity index (χ2v) is 7.62. The fourth-order valence-electron chi connectivity index (χ4n) is 3.18. The Morgan fingerprint density at radius 2 is 1.86 bits per heavy atom. The second-order valence-electron chi connectivity index (χ2n) is 6.31. The number of hydrogen-bond acceptors (Lipinski definition) is 5. The van der Waals surface area contributed by atoms with Gasteiger partial charge in [-0.2, -0.15) is 0 Å². The van der Waals surface area contributed by atoms with E-state index in [0.29, 0.717) is 15.7 Å². The number of hydrogen-bond donors (Lipinski definition) is 1. The van der Waals surface area contributed by atoms with Crippen LogP contribution in [0, 0.1) is 0 Å². The molecule has 144 valence electrons. The summed E-state index contributed by atoms with van der Waals surface area (Å²) in [6.45, 7) is 0. The molecule has 1 aliphatic heterocycles. The number of halogens is 1. The number of aliphatic hydroxyl groups is 1. The quantitative estimate of drug-likeness (QED) is 0.589. The summed E-state index contributed by atoms with van der Waals surface area (Å²) in [5.74, 6) is -1.67. The van der Waals surface area contributed by atoms with Crippen LogP contribution in [0.4, 0.5) is 5.13 Å². The highest BCUT2D eigenvalue weighted by molar-refractivity contribution is 7.13. The van der Waals surface area contributed by atoms with Gasteiger partial charge in [0.15, 0.2) is 16.7 Å².